The molecule has 2 rings (SSSR count). The van der Waals surface area contributed by atoms with Crippen molar-refractivity contribution in [3.63, 3.8) is 0 Å². The fourth-order valence-electron chi connectivity index (χ4n) is 10.1. The van der Waals surface area contributed by atoms with Gasteiger partial charge in [-0.05, 0) is 38.5 Å². The number of aliphatic hydroxyl groups excluding tert-OH is 8. The fourth-order valence-corrected chi connectivity index (χ4v) is 10.1. The van der Waals surface area contributed by atoms with Crippen LogP contribution < -0.4 is 5.32 Å². The minimum atomic E-state index is -1.79. The molecule has 2 saturated heterocycles. The van der Waals surface area contributed by atoms with Crippen LogP contribution in [-0.4, -0.2) is 140 Å². The summed E-state index contributed by atoms with van der Waals surface area (Å²) >= 11 is 0. The highest BCUT2D eigenvalue weighted by molar-refractivity contribution is 5.77. The molecule has 14 nitrogen and oxygen atoms in total. The largest absolute Gasteiger partial charge is 0.394 e. The van der Waals surface area contributed by atoms with Crippen molar-refractivity contribution in [2.45, 2.75) is 312 Å². The molecule has 2 aliphatic heterocycles. The first-order valence-electron chi connectivity index (χ1n) is 31.0. The molecule has 2 heterocycles. The van der Waals surface area contributed by atoms with E-state index in [1.165, 1.54) is 154 Å². The lowest BCUT2D eigenvalue weighted by Crippen LogP contribution is -2.65. The highest BCUT2D eigenvalue weighted by atomic mass is 16.7. The number of nitrogens with one attached hydrogen (secondary N) is 1. The molecule has 448 valence electrons. The van der Waals surface area contributed by atoms with E-state index in [2.05, 4.69) is 61.7 Å². The monoisotopic (exact) mass is 1090 g/mol. The Balaban J connectivity index is 1.71. The van der Waals surface area contributed by atoms with Gasteiger partial charge in [-0.2, -0.15) is 0 Å². The predicted molar refractivity (Wildman–Crippen MR) is 309 cm³/mol. The maximum atomic E-state index is 13.2. The zero-order chi connectivity index (χ0) is 56.0. The van der Waals surface area contributed by atoms with Crippen LogP contribution in [0.5, 0.6) is 0 Å². The van der Waals surface area contributed by atoms with Crippen molar-refractivity contribution in [2.24, 2.45) is 0 Å². The minimum Gasteiger partial charge on any atom is -0.394 e. The first kappa shape index (κ1) is 70.8. The number of ether oxygens (including phenoxy) is 4. The number of rotatable bonds is 49. The third-order valence-electron chi connectivity index (χ3n) is 15.0. The molecule has 0 radical (unpaired) electrons. The van der Waals surface area contributed by atoms with Gasteiger partial charge in [0.15, 0.2) is 12.6 Å². The molecule has 0 aromatic heterocycles. The van der Waals surface area contributed by atoms with Crippen LogP contribution in [0.15, 0.2) is 60.8 Å². The Morgan fingerprint density at radius 2 is 0.844 bits per heavy atom. The summed E-state index contributed by atoms with van der Waals surface area (Å²) in [5.74, 6) is -0.333. The van der Waals surface area contributed by atoms with E-state index in [0.29, 0.717) is 12.8 Å². The van der Waals surface area contributed by atoms with Gasteiger partial charge in [0, 0.05) is 6.42 Å². The van der Waals surface area contributed by atoms with Crippen LogP contribution in [0.3, 0.4) is 0 Å². The number of allylic oxidation sites excluding steroid dienone is 9. The van der Waals surface area contributed by atoms with Crippen LogP contribution in [0.1, 0.15) is 239 Å². The molecule has 2 aliphatic rings. The molecular formula is C63H113NO13. The van der Waals surface area contributed by atoms with Gasteiger partial charge in [-0.3, -0.25) is 4.79 Å². The molecule has 12 unspecified atom stereocenters. The highest BCUT2D eigenvalue weighted by Gasteiger charge is 2.51. The fraction of sp³-hybridized carbons (Fsp3) is 0.825. The smallest absolute Gasteiger partial charge is 0.224 e. The van der Waals surface area contributed by atoms with E-state index in [0.717, 1.165) is 51.4 Å². The number of hydrogen-bond acceptors (Lipinski definition) is 13. The second-order valence-electron chi connectivity index (χ2n) is 21.8. The van der Waals surface area contributed by atoms with Crippen LogP contribution in [0.25, 0.3) is 0 Å². The zero-order valence-electron chi connectivity index (χ0n) is 48.2. The molecular weight excluding hydrogens is 979 g/mol. The number of hydrogen-bond donors (Lipinski definition) is 9. The standard InChI is InChI=1S/C63H113NO13/c1-3-5-7-9-11-13-15-17-19-20-21-22-23-24-25-26-27-28-29-30-31-33-34-36-38-40-42-44-46-52(67)51(64-55(68)47-45-43-41-39-37-35-32-18-16-14-12-10-8-6-4-2)50-74-62-60(73)58(71)61(54(49-66)76-62)77-63-59(72)57(70)56(69)53(48-65)75-63/h6,8,12,14,18,32,37,39,43,45,51-54,56-63,65-67,69-73H,3-5,7,9-11,13,15-17,19-31,33-36,38,40-42,44,46-50H2,1-2H3,(H,64,68)/b8-6-,14-12-,32-18-,39-37-,45-43-. The molecule has 0 bridgehead atoms. The van der Waals surface area contributed by atoms with E-state index in [4.69, 9.17) is 18.9 Å². The average molecular weight is 1090 g/mol. The van der Waals surface area contributed by atoms with Gasteiger partial charge in [-0.25, -0.2) is 0 Å². The lowest BCUT2D eigenvalue weighted by atomic mass is 9.97. The van der Waals surface area contributed by atoms with Gasteiger partial charge >= 0.3 is 0 Å². The number of carbonyl (C=O) groups is 1. The lowest BCUT2D eigenvalue weighted by molar-refractivity contribution is -0.359. The summed E-state index contributed by atoms with van der Waals surface area (Å²) in [5.41, 5.74) is 0. The van der Waals surface area contributed by atoms with Crippen molar-refractivity contribution in [1.29, 1.82) is 0 Å². The third-order valence-corrected chi connectivity index (χ3v) is 15.0. The summed E-state index contributed by atoms with van der Waals surface area (Å²) in [6.45, 7) is 2.69. The van der Waals surface area contributed by atoms with E-state index in [1.54, 1.807) is 6.08 Å². The molecule has 14 heteroatoms. The Morgan fingerprint density at radius 1 is 0.468 bits per heavy atom. The van der Waals surface area contributed by atoms with Crippen molar-refractivity contribution >= 4 is 5.91 Å². The Kier molecular flexibility index (Phi) is 44.5. The van der Waals surface area contributed by atoms with Crippen LogP contribution >= 0.6 is 0 Å². The number of aliphatic hydroxyl groups is 8. The predicted octanol–water partition coefficient (Wildman–Crippen LogP) is 10.9. The highest BCUT2D eigenvalue weighted by Crippen LogP contribution is 2.30. The molecule has 0 aliphatic carbocycles. The van der Waals surface area contributed by atoms with Gasteiger partial charge in [0.2, 0.25) is 5.91 Å². The Morgan fingerprint density at radius 3 is 1.26 bits per heavy atom. The summed E-state index contributed by atoms with van der Waals surface area (Å²) in [6.07, 6.45) is 45.6. The first-order valence-corrected chi connectivity index (χ1v) is 31.0. The van der Waals surface area contributed by atoms with Crippen LogP contribution in [0.2, 0.25) is 0 Å². The quantitative estimate of drug-likeness (QED) is 0.0204. The lowest BCUT2D eigenvalue weighted by Gasteiger charge is -2.46. The third kappa shape index (κ3) is 33.9. The van der Waals surface area contributed by atoms with E-state index in [9.17, 15) is 45.6 Å². The van der Waals surface area contributed by atoms with E-state index >= 15 is 0 Å². The van der Waals surface area contributed by atoms with Gasteiger partial charge in [0.05, 0.1) is 32.0 Å². The molecule has 1 amide bonds. The van der Waals surface area contributed by atoms with Crippen LogP contribution in [-0.2, 0) is 23.7 Å². The summed E-state index contributed by atoms with van der Waals surface area (Å²) in [4.78, 5) is 13.2. The van der Waals surface area contributed by atoms with Crippen molar-refractivity contribution in [2.75, 3.05) is 19.8 Å². The van der Waals surface area contributed by atoms with Gasteiger partial charge < -0.3 is 65.1 Å². The summed E-state index contributed by atoms with van der Waals surface area (Å²) in [6, 6.07) is -0.886. The molecule has 0 saturated carbocycles. The SMILES string of the molecule is CC/C=C\C/C=C\C/C=C\C/C=C\C/C=C\CC(=O)NC(COC1OC(CO)C(OC2OC(CO)C(O)C(O)C2O)C(O)C1O)C(O)CCCCCCCCCCCCCCCCCCCCCCCCCCCCCC. The average Bonchev–Trinajstić information content (AvgIpc) is 3.44. The topological polar surface area (TPSA) is 228 Å². The maximum absolute atomic E-state index is 13.2. The van der Waals surface area contributed by atoms with Crippen molar-refractivity contribution in [3.8, 4) is 0 Å². The normalized spacial score (nSPS) is 25.1. The number of carbonyl (C=O) groups excluding carboxylic acids is 1. The maximum Gasteiger partial charge on any atom is 0.224 e. The number of amides is 1. The van der Waals surface area contributed by atoms with E-state index in [-0.39, 0.29) is 18.9 Å². The van der Waals surface area contributed by atoms with Gasteiger partial charge in [0.1, 0.15) is 48.8 Å². The molecule has 12 atom stereocenters. The van der Waals surface area contributed by atoms with Gasteiger partial charge in [-0.1, -0.05) is 254 Å². The Hall–Kier alpha value is -2.31. The van der Waals surface area contributed by atoms with Crippen LogP contribution in [0, 0.1) is 0 Å². The van der Waals surface area contributed by atoms with Crippen molar-refractivity contribution < 1.29 is 64.6 Å². The molecule has 77 heavy (non-hydrogen) atoms. The molecule has 0 aromatic carbocycles. The van der Waals surface area contributed by atoms with Crippen molar-refractivity contribution in [3.05, 3.63) is 60.8 Å². The Bertz CT molecular complexity index is 1520. The van der Waals surface area contributed by atoms with E-state index in [1.807, 2.05) is 12.2 Å². The second-order valence-corrected chi connectivity index (χ2v) is 21.8. The number of unbranched alkanes of at least 4 members (excludes halogenated alkanes) is 27. The molecule has 0 aromatic rings. The molecule has 2 fully saturated rings. The first-order chi connectivity index (χ1) is 37.6. The van der Waals surface area contributed by atoms with Crippen LogP contribution in [0.4, 0.5) is 0 Å². The molecule has 0 spiro atoms. The summed E-state index contributed by atoms with van der Waals surface area (Å²) in [5, 5.41) is 87.2. The minimum absolute atomic E-state index is 0.0706. The van der Waals surface area contributed by atoms with Gasteiger partial charge in [0.25, 0.3) is 0 Å². The zero-order valence-corrected chi connectivity index (χ0v) is 48.2. The Labute approximate surface area is 466 Å². The van der Waals surface area contributed by atoms with Gasteiger partial charge in [-0.15, -0.1) is 0 Å². The van der Waals surface area contributed by atoms with Crippen molar-refractivity contribution in [1.82, 2.24) is 5.32 Å². The molecule has 9 N–H and O–H groups in total. The second kappa shape index (κ2) is 48.4. The summed E-state index contributed by atoms with van der Waals surface area (Å²) in [7, 11) is 0. The van der Waals surface area contributed by atoms with E-state index < -0.39 is 86.8 Å². The summed E-state index contributed by atoms with van der Waals surface area (Å²) < 4.78 is 22.8.